The Bertz CT molecular complexity index is 858. The van der Waals surface area contributed by atoms with E-state index in [0.717, 1.165) is 28.8 Å². The molecule has 3 rings (SSSR count). The fraction of sp³-hybridized carbons (Fsp3) is 0.316. The lowest BCUT2D eigenvalue weighted by atomic mass is 10.1. The van der Waals surface area contributed by atoms with Gasteiger partial charge >= 0.3 is 0 Å². The van der Waals surface area contributed by atoms with Gasteiger partial charge in [0.25, 0.3) is 0 Å². The maximum Gasteiger partial charge on any atom is 0.230 e. The van der Waals surface area contributed by atoms with Gasteiger partial charge in [-0.05, 0) is 42.8 Å². The Labute approximate surface area is 161 Å². The van der Waals surface area contributed by atoms with Crippen molar-refractivity contribution in [3.05, 3.63) is 52.9 Å². The summed E-state index contributed by atoms with van der Waals surface area (Å²) in [6.45, 7) is 5.57. The number of aromatic nitrogens is 3. The molecule has 1 aromatic carbocycles. The van der Waals surface area contributed by atoms with Crippen LogP contribution in [-0.4, -0.2) is 33.0 Å². The molecule has 0 aliphatic heterocycles. The Morgan fingerprint density at radius 2 is 2.08 bits per heavy atom. The Balaban J connectivity index is 1.51. The Morgan fingerprint density at radius 3 is 2.81 bits per heavy atom. The molecule has 0 unspecified atom stereocenters. The third kappa shape index (κ3) is 4.53. The van der Waals surface area contributed by atoms with Crippen molar-refractivity contribution in [3.63, 3.8) is 0 Å². The Morgan fingerprint density at radius 1 is 1.23 bits per heavy atom. The predicted octanol–water partition coefficient (Wildman–Crippen LogP) is 3.79. The lowest BCUT2D eigenvalue weighted by Crippen LogP contribution is -2.27. The summed E-state index contributed by atoms with van der Waals surface area (Å²) in [5.41, 5.74) is 2.53. The van der Waals surface area contributed by atoms with Crippen LogP contribution >= 0.6 is 23.1 Å². The van der Waals surface area contributed by atoms with Crippen LogP contribution in [0.25, 0.3) is 10.7 Å². The number of hydrogen-bond acceptors (Lipinski definition) is 5. The summed E-state index contributed by atoms with van der Waals surface area (Å²) in [5.74, 6) is 1.23. The summed E-state index contributed by atoms with van der Waals surface area (Å²) in [7, 11) is 0. The Kier molecular flexibility index (Phi) is 6.46. The molecule has 1 amide bonds. The number of nitrogens with one attached hydrogen (secondary N) is 1. The van der Waals surface area contributed by atoms with Crippen molar-refractivity contribution in [2.45, 2.75) is 32.0 Å². The molecule has 136 valence electrons. The van der Waals surface area contributed by atoms with E-state index in [1.807, 2.05) is 29.6 Å². The van der Waals surface area contributed by atoms with Gasteiger partial charge in [-0.2, -0.15) is 0 Å². The molecule has 0 radical (unpaired) electrons. The molecule has 0 saturated carbocycles. The van der Waals surface area contributed by atoms with Crippen molar-refractivity contribution in [1.82, 2.24) is 20.1 Å². The highest BCUT2D eigenvalue weighted by atomic mass is 32.2. The highest BCUT2D eigenvalue weighted by Gasteiger charge is 2.15. The molecule has 26 heavy (non-hydrogen) atoms. The van der Waals surface area contributed by atoms with E-state index in [1.54, 1.807) is 11.3 Å². The molecule has 2 heterocycles. The molecule has 2 aromatic heterocycles. The number of amides is 1. The molecule has 0 saturated heterocycles. The average molecular weight is 387 g/mol. The van der Waals surface area contributed by atoms with E-state index in [4.69, 9.17) is 0 Å². The van der Waals surface area contributed by atoms with Gasteiger partial charge in [0.05, 0.1) is 10.6 Å². The summed E-state index contributed by atoms with van der Waals surface area (Å²) in [6.07, 6.45) is 0.844. The van der Waals surface area contributed by atoms with E-state index in [2.05, 4.69) is 46.1 Å². The van der Waals surface area contributed by atoms with E-state index in [0.29, 0.717) is 12.3 Å². The molecular formula is C19H22N4OS2. The normalized spacial score (nSPS) is 10.8. The number of rotatable bonds is 8. The quantitative estimate of drug-likeness (QED) is 0.599. The van der Waals surface area contributed by atoms with Gasteiger partial charge in [0, 0.05) is 13.1 Å². The summed E-state index contributed by atoms with van der Waals surface area (Å²) in [4.78, 5) is 13.2. The van der Waals surface area contributed by atoms with Gasteiger partial charge in [-0.15, -0.1) is 21.5 Å². The second-order valence-electron chi connectivity index (χ2n) is 5.84. The van der Waals surface area contributed by atoms with E-state index in [-0.39, 0.29) is 5.91 Å². The average Bonchev–Trinajstić information content (AvgIpc) is 3.30. The summed E-state index contributed by atoms with van der Waals surface area (Å²) >= 11 is 3.07. The standard InChI is InChI=1S/C19H22N4OS2/c1-3-23-18(16-9-6-12-25-16)21-22-19(23)26-13-17(24)20-11-10-15-8-5-4-7-14(15)2/h4-9,12H,3,10-11,13H2,1-2H3,(H,20,24). The van der Waals surface area contributed by atoms with Crippen LogP contribution in [0.15, 0.2) is 46.9 Å². The maximum absolute atomic E-state index is 12.1. The fourth-order valence-electron chi connectivity index (χ4n) is 2.68. The number of aryl methyl sites for hydroxylation is 1. The Hall–Kier alpha value is -2.12. The molecule has 0 bridgehead atoms. The molecule has 5 nitrogen and oxygen atoms in total. The van der Waals surface area contributed by atoms with Crippen molar-refractivity contribution in [3.8, 4) is 10.7 Å². The minimum absolute atomic E-state index is 0.0203. The molecule has 0 spiro atoms. The third-order valence-corrected chi connectivity index (χ3v) is 5.92. The molecule has 0 atom stereocenters. The second kappa shape index (κ2) is 9.00. The van der Waals surface area contributed by atoms with E-state index in [9.17, 15) is 4.79 Å². The second-order valence-corrected chi connectivity index (χ2v) is 7.73. The van der Waals surface area contributed by atoms with Crippen molar-refractivity contribution < 1.29 is 4.79 Å². The molecule has 7 heteroatoms. The third-order valence-electron chi connectivity index (χ3n) is 4.08. The van der Waals surface area contributed by atoms with E-state index in [1.165, 1.54) is 22.9 Å². The number of hydrogen-bond donors (Lipinski definition) is 1. The van der Waals surface area contributed by atoms with Crippen LogP contribution in [-0.2, 0) is 17.8 Å². The van der Waals surface area contributed by atoms with Crippen LogP contribution < -0.4 is 5.32 Å². The number of nitrogens with zero attached hydrogens (tertiary/aromatic N) is 3. The van der Waals surface area contributed by atoms with Gasteiger partial charge in [0.2, 0.25) is 5.91 Å². The van der Waals surface area contributed by atoms with Crippen LogP contribution in [0.5, 0.6) is 0 Å². The van der Waals surface area contributed by atoms with Gasteiger partial charge in [-0.1, -0.05) is 42.1 Å². The molecule has 0 fully saturated rings. The minimum Gasteiger partial charge on any atom is -0.355 e. The zero-order chi connectivity index (χ0) is 18.4. The molecule has 0 aliphatic carbocycles. The van der Waals surface area contributed by atoms with Crippen LogP contribution in [0.2, 0.25) is 0 Å². The number of carbonyl (C=O) groups excluding carboxylic acids is 1. The first kappa shape index (κ1) is 18.7. The number of carbonyl (C=O) groups is 1. The first-order chi connectivity index (χ1) is 12.7. The van der Waals surface area contributed by atoms with E-state index < -0.39 is 0 Å². The molecule has 1 N–H and O–H groups in total. The van der Waals surface area contributed by atoms with Crippen LogP contribution in [0, 0.1) is 6.92 Å². The van der Waals surface area contributed by atoms with E-state index >= 15 is 0 Å². The smallest absolute Gasteiger partial charge is 0.230 e. The highest BCUT2D eigenvalue weighted by Crippen LogP contribution is 2.26. The van der Waals surface area contributed by atoms with Gasteiger partial charge in [-0.25, -0.2) is 0 Å². The first-order valence-electron chi connectivity index (χ1n) is 8.60. The highest BCUT2D eigenvalue weighted by molar-refractivity contribution is 7.99. The summed E-state index contributed by atoms with van der Waals surface area (Å²) < 4.78 is 2.05. The van der Waals surface area contributed by atoms with Crippen molar-refractivity contribution >= 4 is 29.0 Å². The maximum atomic E-state index is 12.1. The SMILES string of the molecule is CCn1c(SCC(=O)NCCc2ccccc2C)nnc1-c1cccs1. The number of benzene rings is 1. The van der Waals surface area contributed by atoms with Crippen molar-refractivity contribution in [2.75, 3.05) is 12.3 Å². The van der Waals surface area contributed by atoms with Crippen molar-refractivity contribution in [2.24, 2.45) is 0 Å². The topological polar surface area (TPSA) is 59.8 Å². The predicted molar refractivity (Wildman–Crippen MR) is 108 cm³/mol. The largest absolute Gasteiger partial charge is 0.355 e. The monoisotopic (exact) mass is 386 g/mol. The summed E-state index contributed by atoms with van der Waals surface area (Å²) in [5, 5.41) is 14.3. The molecule has 0 aliphatic rings. The molecule has 3 aromatic rings. The van der Waals surface area contributed by atoms with Crippen LogP contribution in [0.1, 0.15) is 18.1 Å². The molecular weight excluding hydrogens is 364 g/mol. The zero-order valence-corrected chi connectivity index (χ0v) is 16.6. The zero-order valence-electron chi connectivity index (χ0n) is 14.9. The van der Waals surface area contributed by atoms with Gasteiger partial charge < -0.3 is 9.88 Å². The van der Waals surface area contributed by atoms with Crippen LogP contribution in [0.4, 0.5) is 0 Å². The van der Waals surface area contributed by atoms with Crippen molar-refractivity contribution in [1.29, 1.82) is 0 Å². The van der Waals surface area contributed by atoms with Gasteiger partial charge in [0.15, 0.2) is 11.0 Å². The lowest BCUT2D eigenvalue weighted by molar-refractivity contribution is -0.118. The first-order valence-corrected chi connectivity index (χ1v) is 10.5. The van der Waals surface area contributed by atoms with Crippen LogP contribution in [0.3, 0.4) is 0 Å². The number of thioether (sulfide) groups is 1. The minimum atomic E-state index is 0.0203. The van der Waals surface area contributed by atoms with Gasteiger partial charge in [0.1, 0.15) is 0 Å². The number of thiophene rings is 1. The summed E-state index contributed by atoms with van der Waals surface area (Å²) in [6, 6.07) is 12.3. The fourth-order valence-corrected chi connectivity index (χ4v) is 4.23. The lowest BCUT2D eigenvalue weighted by Gasteiger charge is -2.08. The van der Waals surface area contributed by atoms with Gasteiger partial charge in [-0.3, -0.25) is 4.79 Å².